The van der Waals surface area contributed by atoms with Crippen molar-refractivity contribution < 1.29 is 18.7 Å². The number of aryl methyl sites for hydroxylation is 1. The van der Waals surface area contributed by atoms with E-state index in [1.807, 2.05) is 31.2 Å². The Balaban J connectivity index is 2.01. The van der Waals surface area contributed by atoms with E-state index < -0.39 is 23.7 Å². The molecule has 1 N–H and O–H groups in total. The third kappa shape index (κ3) is 5.14. The molecule has 0 fully saturated rings. The molecule has 0 spiro atoms. The lowest BCUT2D eigenvalue weighted by Gasteiger charge is -2.21. The average Bonchev–Trinajstić information content (AvgIpc) is 2.58. The zero-order valence-electron chi connectivity index (χ0n) is 14.6. The molecule has 0 aliphatic heterocycles. The Morgan fingerprint density at radius 3 is 2.32 bits per heavy atom. The van der Waals surface area contributed by atoms with Crippen LogP contribution in [0.5, 0.6) is 0 Å². The summed E-state index contributed by atoms with van der Waals surface area (Å²) in [4.78, 5) is 24.6. The van der Waals surface area contributed by atoms with Gasteiger partial charge in [0.05, 0.1) is 5.56 Å². The molecule has 25 heavy (non-hydrogen) atoms. The molecule has 4 nitrogen and oxygen atoms in total. The highest BCUT2D eigenvalue weighted by molar-refractivity contribution is 5.97. The predicted molar refractivity (Wildman–Crippen MR) is 93.5 cm³/mol. The maximum atomic E-state index is 13.7. The van der Waals surface area contributed by atoms with Crippen LogP contribution in [0.25, 0.3) is 0 Å². The first-order chi connectivity index (χ1) is 11.9. The van der Waals surface area contributed by atoms with E-state index >= 15 is 0 Å². The van der Waals surface area contributed by atoms with Crippen molar-refractivity contribution in [1.82, 2.24) is 5.32 Å². The van der Waals surface area contributed by atoms with Crippen molar-refractivity contribution in [3.63, 3.8) is 0 Å². The molecule has 0 bridgehead atoms. The van der Waals surface area contributed by atoms with Gasteiger partial charge in [0.2, 0.25) is 0 Å². The Morgan fingerprint density at radius 2 is 1.72 bits per heavy atom. The van der Waals surface area contributed by atoms with E-state index in [2.05, 4.69) is 5.32 Å². The summed E-state index contributed by atoms with van der Waals surface area (Å²) in [5.41, 5.74) is 1.88. The SMILES string of the molecule is Cc1ccc(COC(=O)[C@@H](NC(=O)c2ccccc2F)C(C)C)cc1. The molecule has 1 atom stereocenters. The molecule has 0 aliphatic carbocycles. The first-order valence-corrected chi connectivity index (χ1v) is 8.16. The molecule has 0 radical (unpaired) electrons. The fraction of sp³-hybridized carbons (Fsp3) is 0.300. The first-order valence-electron chi connectivity index (χ1n) is 8.16. The number of carbonyl (C=O) groups excluding carboxylic acids is 2. The van der Waals surface area contributed by atoms with Gasteiger partial charge in [-0.3, -0.25) is 4.79 Å². The van der Waals surface area contributed by atoms with E-state index in [-0.39, 0.29) is 18.1 Å². The number of ether oxygens (including phenoxy) is 1. The standard InChI is InChI=1S/C20H22FNO3/c1-13(2)18(22-19(23)16-6-4-5-7-17(16)21)20(24)25-12-15-10-8-14(3)9-11-15/h4-11,13,18H,12H2,1-3H3,(H,22,23)/t18-/m0/s1. The quantitative estimate of drug-likeness (QED) is 0.815. The highest BCUT2D eigenvalue weighted by Gasteiger charge is 2.27. The number of halogens is 1. The van der Waals surface area contributed by atoms with Gasteiger partial charge in [0.15, 0.2) is 0 Å². The van der Waals surface area contributed by atoms with Crippen LogP contribution in [0.4, 0.5) is 4.39 Å². The summed E-state index contributed by atoms with van der Waals surface area (Å²) < 4.78 is 19.0. The number of benzene rings is 2. The minimum absolute atomic E-state index is 0.0977. The van der Waals surface area contributed by atoms with Crippen LogP contribution < -0.4 is 5.32 Å². The third-order valence-corrected chi connectivity index (χ3v) is 3.83. The van der Waals surface area contributed by atoms with Crippen molar-refractivity contribution in [3.8, 4) is 0 Å². The highest BCUT2D eigenvalue weighted by atomic mass is 19.1. The minimum Gasteiger partial charge on any atom is -0.459 e. The molecule has 0 aliphatic rings. The largest absolute Gasteiger partial charge is 0.459 e. The van der Waals surface area contributed by atoms with Crippen LogP contribution in [0.1, 0.15) is 35.3 Å². The Labute approximate surface area is 147 Å². The molecular formula is C20H22FNO3. The molecule has 5 heteroatoms. The third-order valence-electron chi connectivity index (χ3n) is 3.83. The summed E-state index contributed by atoms with van der Waals surface area (Å²) in [5.74, 6) is -2.00. The van der Waals surface area contributed by atoms with Crippen LogP contribution in [-0.2, 0) is 16.1 Å². The fourth-order valence-electron chi connectivity index (χ4n) is 2.29. The molecule has 0 heterocycles. The first kappa shape index (κ1) is 18.6. The molecule has 2 rings (SSSR count). The lowest BCUT2D eigenvalue weighted by molar-refractivity contribution is -0.148. The van der Waals surface area contributed by atoms with Crippen molar-refractivity contribution in [2.24, 2.45) is 5.92 Å². The van der Waals surface area contributed by atoms with E-state index in [1.54, 1.807) is 19.9 Å². The molecule has 132 valence electrons. The van der Waals surface area contributed by atoms with Gasteiger partial charge in [0, 0.05) is 0 Å². The van der Waals surface area contributed by atoms with Crippen LogP contribution in [0.15, 0.2) is 48.5 Å². The number of carbonyl (C=O) groups is 2. The topological polar surface area (TPSA) is 55.4 Å². The van der Waals surface area contributed by atoms with Gasteiger partial charge in [-0.2, -0.15) is 0 Å². The molecular weight excluding hydrogens is 321 g/mol. The van der Waals surface area contributed by atoms with E-state index in [0.717, 1.165) is 11.1 Å². The summed E-state index contributed by atoms with van der Waals surface area (Å²) in [7, 11) is 0. The lowest BCUT2D eigenvalue weighted by atomic mass is 10.0. The number of amides is 1. The molecule has 0 saturated carbocycles. The lowest BCUT2D eigenvalue weighted by Crippen LogP contribution is -2.45. The van der Waals surface area contributed by atoms with Crippen LogP contribution in [0.3, 0.4) is 0 Å². The fourth-order valence-corrected chi connectivity index (χ4v) is 2.29. The van der Waals surface area contributed by atoms with Gasteiger partial charge >= 0.3 is 5.97 Å². The van der Waals surface area contributed by atoms with Gasteiger partial charge in [-0.15, -0.1) is 0 Å². The number of esters is 1. The van der Waals surface area contributed by atoms with E-state index in [4.69, 9.17) is 4.74 Å². The van der Waals surface area contributed by atoms with Gasteiger partial charge in [-0.1, -0.05) is 55.8 Å². The van der Waals surface area contributed by atoms with E-state index in [9.17, 15) is 14.0 Å². The van der Waals surface area contributed by atoms with E-state index in [0.29, 0.717) is 0 Å². The van der Waals surface area contributed by atoms with Crippen molar-refractivity contribution >= 4 is 11.9 Å². The van der Waals surface area contributed by atoms with Crippen molar-refractivity contribution in [2.75, 3.05) is 0 Å². The minimum atomic E-state index is -0.849. The molecule has 1 amide bonds. The van der Waals surface area contributed by atoms with Crippen molar-refractivity contribution in [1.29, 1.82) is 0 Å². The van der Waals surface area contributed by atoms with Crippen LogP contribution in [0.2, 0.25) is 0 Å². The van der Waals surface area contributed by atoms with Crippen molar-refractivity contribution in [2.45, 2.75) is 33.4 Å². The normalized spacial score (nSPS) is 11.9. The number of hydrogen-bond acceptors (Lipinski definition) is 3. The zero-order valence-corrected chi connectivity index (χ0v) is 14.6. The smallest absolute Gasteiger partial charge is 0.329 e. The second kappa shape index (κ2) is 8.42. The van der Waals surface area contributed by atoms with Crippen LogP contribution in [0, 0.1) is 18.7 Å². The summed E-state index contributed by atoms with van der Waals surface area (Å²) >= 11 is 0. The van der Waals surface area contributed by atoms with Crippen LogP contribution >= 0.6 is 0 Å². The monoisotopic (exact) mass is 343 g/mol. The maximum absolute atomic E-state index is 13.7. The summed E-state index contributed by atoms with van der Waals surface area (Å²) in [6.07, 6.45) is 0. The van der Waals surface area contributed by atoms with E-state index in [1.165, 1.54) is 18.2 Å². The number of nitrogens with one attached hydrogen (secondary N) is 1. The number of rotatable bonds is 6. The Bertz CT molecular complexity index is 741. The average molecular weight is 343 g/mol. The molecule has 0 saturated heterocycles. The Kier molecular flexibility index (Phi) is 6.28. The van der Waals surface area contributed by atoms with Gasteiger partial charge in [0.25, 0.3) is 5.91 Å². The zero-order chi connectivity index (χ0) is 18.4. The van der Waals surface area contributed by atoms with Gasteiger partial charge in [0.1, 0.15) is 18.5 Å². The molecule has 2 aromatic rings. The Hall–Kier alpha value is -2.69. The molecule has 0 unspecified atom stereocenters. The summed E-state index contributed by atoms with van der Waals surface area (Å²) in [6.45, 7) is 5.68. The van der Waals surface area contributed by atoms with Crippen molar-refractivity contribution in [3.05, 3.63) is 71.0 Å². The van der Waals surface area contributed by atoms with Gasteiger partial charge in [-0.25, -0.2) is 9.18 Å². The molecule has 2 aromatic carbocycles. The molecule has 0 aromatic heterocycles. The highest BCUT2D eigenvalue weighted by Crippen LogP contribution is 2.11. The Morgan fingerprint density at radius 1 is 1.08 bits per heavy atom. The maximum Gasteiger partial charge on any atom is 0.329 e. The van der Waals surface area contributed by atoms with Gasteiger partial charge in [-0.05, 0) is 30.5 Å². The van der Waals surface area contributed by atoms with Gasteiger partial charge < -0.3 is 10.1 Å². The second-order valence-corrected chi connectivity index (χ2v) is 6.27. The second-order valence-electron chi connectivity index (χ2n) is 6.27. The van der Waals surface area contributed by atoms with Crippen LogP contribution in [-0.4, -0.2) is 17.9 Å². The summed E-state index contributed by atoms with van der Waals surface area (Å²) in [5, 5.41) is 2.57. The number of hydrogen-bond donors (Lipinski definition) is 1. The summed E-state index contributed by atoms with van der Waals surface area (Å²) in [6, 6.07) is 12.4. The predicted octanol–water partition coefficient (Wildman–Crippen LogP) is 3.63.